The molecule has 1 aromatic heterocycles. The number of nitrogens with zero attached hydrogens (tertiary/aromatic N) is 3. The van der Waals surface area contributed by atoms with Crippen LogP contribution >= 0.6 is 0 Å². The molecule has 188 valence electrons. The fraction of sp³-hybridized carbons (Fsp3) is 0.696. The first-order chi connectivity index (χ1) is 15.6. The summed E-state index contributed by atoms with van der Waals surface area (Å²) in [6, 6.07) is 3.58. The third-order valence-corrected chi connectivity index (χ3v) is 5.74. The van der Waals surface area contributed by atoms with Gasteiger partial charge >= 0.3 is 6.18 Å². The number of allylic oxidation sites excluding steroid dienone is 1. The molecule has 0 aromatic carbocycles. The number of hydrogen-bond donors (Lipinski definition) is 2. The van der Waals surface area contributed by atoms with Crippen molar-refractivity contribution in [3.05, 3.63) is 35.5 Å². The number of nitrogens with one attached hydrogen (secondary N) is 1. The van der Waals surface area contributed by atoms with Crippen LogP contribution in [0.25, 0.3) is 0 Å². The van der Waals surface area contributed by atoms with Gasteiger partial charge in [0, 0.05) is 37.6 Å². The Balaban J connectivity index is 1.99. The van der Waals surface area contributed by atoms with Gasteiger partial charge in [-0.1, -0.05) is 11.6 Å². The summed E-state index contributed by atoms with van der Waals surface area (Å²) in [6.45, 7) is 8.45. The minimum absolute atomic E-state index is 0.0295. The van der Waals surface area contributed by atoms with Gasteiger partial charge in [-0.05, 0) is 40.2 Å². The van der Waals surface area contributed by atoms with E-state index in [4.69, 9.17) is 9.47 Å². The molecule has 0 saturated carbocycles. The van der Waals surface area contributed by atoms with Crippen LogP contribution in [0.3, 0.4) is 0 Å². The van der Waals surface area contributed by atoms with Crippen molar-refractivity contribution in [3.63, 3.8) is 0 Å². The second-order valence-electron chi connectivity index (χ2n) is 8.48. The number of pyridine rings is 1. The van der Waals surface area contributed by atoms with Gasteiger partial charge < -0.3 is 24.5 Å². The maximum atomic E-state index is 13.0. The Morgan fingerprint density at radius 1 is 1.45 bits per heavy atom. The minimum atomic E-state index is -4.28. The predicted octanol–water partition coefficient (Wildman–Crippen LogP) is 3.08. The van der Waals surface area contributed by atoms with Crippen molar-refractivity contribution in [2.45, 2.75) is 58.5 Å². The van der Waals surface area contributed by atoms with E-state index < -0.39 is 12.7 Å². The first-order valence-corrected chi connectivity index (χ1v) is 11.3. The van der Waals surface area contributed by atoms with Crippen LogP contribution in [0, 0.1) is 0 Å². The van der Waals surface area contributed by atoms with E-state index in [-0.39, 0.29) is 38.1 Å². The van der Waals surface area contributed by atoms with E-state index in [9.17, 15) is 18.3 Å². The van der Waals surface area contributed by atoms with Crippen LogP contribution in [0.5, 0.6) is 0 Å². The Hall–Kier alpha value is -1.88. The molecule has 1 aliphatic heterocycles. The number of aromatic nitrogens is 1. The van der Waals surface area contributed by atoms with Gasteiger partial charge in [0.05, 0.1) is 44.7 Å². The standard InChI is InChI=1S/C23H37F3N4O3/c1-5-17(2)7-9-29(15-23(24,25)26)16-33-19(4)18(3)28-22-12-20(6-8-27-22)30-10-11-32-21(13-30)14-31/h5-6,8,12,18-19,21,31H,7,9-11,13-16H2,1-4H3,(H,27,28)/b17-5+/t18-,19?,21?/m0/s1. The van der Waals surface area contributed by atoms with Gasteiger partial charge in [-0.2, -0.15) is 13.2 Å². The number of aliphatic hydroxyl groups is 1. The van der Waals surface area contributed by atoms with Crippen LogP contribution in [0.15, 0.2) is 35.0 Å². The van der Waals surface area contributed by atoms with Crippen LogP contribution in [0.1, 0.15) is 34.1 Å². The monoisotopic (exact) mass is 474 g/mol. The highest BCUT2D eigenvalue weighted by atomic mass is 19.4. The molecule has 0 aliphatic carbocycles. The number of H-pyrrole nitrogens is 1. The lowest BCUT2D eigenvalue weighted by molar-refractivity contribution is -0.160. The normalized spacial score (nSPS) is 20.4. The highest BCUT2D eigenvalue weighted by Crippen LogP contribution is 2.18. The van der Waals surface area contributed by atoms with E-state index in [1.54, 1.807) is 6.20 Å². The first-order valence-electron chi connectivity index (χ1n) is 11.3. The van der Waals surface area contributed by atoms with E-state index in [0.29, 0.717) is 25.1 Å². The molecule has 2 heterocycles. The maximum Gasteiger partial charge on any atom is 0.401 e. The van der Waals surface area contributed by atoms with Crippen LogP contribution in [-0.2, 0) is 9.47 Å². The molecule has 0 spiro atoms. The van der Waals surface area contributed by atoms with Crippen molar-refractivity contribution >= 4 is 5.69 Å². The number of morpholine rings is 1. The van der Waals surface area contributed by atoms with E-state index in [1.807, 2.05) is 45.9 Å². The largest absolute Gasteiger partial charge is 0.401 e. The van der Waals surface area contributed by atoms with Crippen LogP contribution < -0.4 is 10.4 Å². The van der Waals surface area contributed by atoms with Gasteiger partial charge in [-0.3, -0.25) is 9.89 Å². The van der Waals surface area contributed by atoms with Crippen molar-refractivity contribution in [2.24, 2.45) is 4.99 Å². The van der Waals surface area contributed by atoms with E-state index >= 15 is 0 Å². The summed E-state index contributed by atoms with van der Waals surface area (Å²) in [5.74, 6) is 0. The van der Waals surface area contributed by atoms with Crippen LogP contribution in [-0.4, -0.2) is 85.5 Å². The van der Waals surface area contributed by atoms with Gasteiger partial charge in [-0.15, -0.1) is 0 Å². The Kier molecular flexibility index (Phi) is 10.9. The van der Waals surface area contributed by atoms with Gasteiger partial charge in [0.1, 0.15) is 5.49 Å². The third-order valence-electron chi connectivity index (χ3n) is 5.74. The summed E-state index contributed by atoms with van der Waals surface area (Å²) in [7, 11) is 0. The van der Waals surface area contributed by atoms with E-state index in [1.165, 1.54) is 4.90 Å². The Labute approximate surface area is 193 Å². The van der Waals surface area contributed by atoms with Gasteiger partial charge in [0.25, 0.3) is 0 Å². The Morgan fingerprint density at radius 2 is 2.21 bits per heavy atom. The summed E-state index contributed by atoms with van der Waals surface area (Å²) < 4.78 is 50.2. The lowest BCUT2D eigenvalue weighted by Crippen LogP contribution is -2.44. The highest BCUT2D eigenvalue weighted by Gasteiger charge is 2.31. The number of hydrogen-bond acceptors (Lipinski definition) is 6. The summed E-state index contributed by atoms with van der Waals surface area (Å²) in [6.07, 6.45) is -0.609. The van der Waals surface area contributed by atoms with Gasteiger partial charge in [0.2, 0.25) is 0 Å². The number of halogens is 3. The predicted molar refractivity (Wildman–Crippen MR) is 122 cm³/mol. The zero-order valence-corrected chi connectivity index (χ0v) is 19.9. The van der Waals surface area contributed by atoms with E-state index in [2.05, 4.69) is 14.9 Å². The van der Waals surface area contributed by atoms with Crippen molar-refractivity contribution < 1.29 is 27.8 Å². The van der Waals surface area contributed by atoms with Gasteiger partial charge in [-0.25, -0.2) is 0 Å². The Morgan fingerprint density at radius 3 is 2.88 bits per heavy atom. The molecule has 10 heteroatoms. The first kappa shape index (κ1) is 27.4. The molecule has 1 fully saturated rings. The van der Waals surface area contributed by atoms with Crippen LogP contribution in [0.2, 0.25) is 0 Å². The van der Waals surface area contributed by atoms with E-state index in [0.717, 1.165) is 17.8 Å². The lowest BCUT2D eigenvalue weighted by Gasteiger charge is -2.33. The number of anilines is 1. The van der Waals surface area contributed by atoms with Crippen LogP contribution in [0.4, 0.5) is 18.9 Å². The molecule has 2 N–H and O–H groups in total. The van der Waals surface area contributed by atoms with Crippen molar-refractivity contribution in [3.8, 4) is 0 Å². The molecule has 1 aliphatic rings. The molecule has 3 atom stereocenters. The SMILES string of the molecule is C/C=C(\C)CCN(COC(C)[C@H](C)/N=c1/cc(N2CCOC(CO)C2)cc[nH]1)CC(F)(F)F. The summed E-state index contributed by atoms with van der Waals surface area (Å²) in [4.78, 5) is 11.2. The molecule has 0 amide bonds. The van der Waals surface area contributed by atoms with Gasteiger partial charge in [0.15, 0.2) is 0 Å². The number of aliphatic hydroxyl groups excluding tert-OH is 1. The van der Waals surface area contributed by atoms with Crippen molar-refractivity contribution in [2.75, 3.05) is 51.0 Å². The summed E-state index contributed by atoms with van der Waals surface area (Å²) in [5, 5.41) is 9.36. The third kappa shape index (κ3) is 9.87. The number of aromatic amines is 1. The topological polar surface area (TPSA) is 73.3 Å². The van der Waals surface area contributed by atoms with Crippen molar-refractivity contribution in [1.29, 1.82) is 0 Å². The minimum Gasteiger partial charge on any atom is -0.394 e. The summed E-state index contributed by atoms with van der Waals surface area (Å²) >= 11 is 0. The molecular formula is C23H37F3N4O3. The molecule has 7 nitrogen and oxygen atoms in total. The molecule has 1 saturated heterocycles. The molecule has 2 unspecified atom stereocenters. The van der Waals surface area contributed by atoms with Crippen molar-refractivity contribution in [1.82, 2.24) is 9.88 Å². The number of alkyl halides is 3. The molecule has 33 heavy (non-hydrogen) atoms. The highest BCUT2D eigenvalue weighted by molar-refractivity contribution is 5.45. The zero-order chi connectivity index (χ0) is 24.4. The smallest absolute Gasteiger partial charge is 0.394 e. The number of ether oxygens (including phenoxy) is 2. The average molecular weight is 475 g/mol. The second-order valence-corrected chi connectivity index (χ2v) is 8.48. The quantitative estimate of drug-likeness (QED) is 0.381. The molecule has 2 rings (SSSR count). The number of rotatable bonds is 11. The maximum absolute atomic E-state index is 13.0. The lowest BCUT2D eigenvalue weighted by atomic mass is 10.2. The average Bonchev–Trinajstić information content (AvgIpc) is 2.79. The fourth-order valence-corrected chi connectivity index (χ4v) is 3.39. The fourth-order valence-electron chi connectivity index (χ4n) is 3.39. The zero-order valence-electron chi connectivity index (χ0n) is 19.9. The Bertz CT molecular complexity index is 813. The molecule has 1 aromatic rings. The molecule has 0 radical (unpaired) electrons. The second kappa shape index (κ2) is 13.1. The molecular weight excluding hydrogens is 437 g/mol. The summed E-state index contributed by atoms with van der Waals surface area (Å²) in [5.41, 5.74) is 2.66. The molecule has 0 bridgehead atoms.